The van der Waals surface area contributed by atoms with Crippen LogP contribution in [0.15, 0.2) is 42.5 Å². The highest BCUT2D eigenvalue weighted by Crippen LogP contribution is 2.39. The van der Waals surface area contributed by atoms with Crippen molar-refractivity contribution in [3.8, 4) is 28.8 Å². The molecule has 0 amide bonds. The Morgan fingerprint density at radius 1 is 1.23 bits per heavy atom. The lowest BCUT2D eigenvalue weighted by Crippen LogP contribution is -2.01. The van der Waals surface area contributed by atoms with Gasteiger partial charge in [-0.3, -0.25) is 0 Å². The van der Waals surface area contributed by atoms with Crippen molar-refractivity contribution in [2.24, 2.45) is 5.92 Å². The van der Waals surface area contributed by atoms with Gasteiger partial charge in [0.2, 0.25) is 0 Å². The summed E-state index contributed by atoms with van der Waals surface area (Å²) in [5.41, 5.74) is 4.20. The van der Waals surface area contributed by atoms with Gasteiger partial charge in [0.25, 0.3) is 0 Å². The average Bonchev–Trinajstić information content (AvgIpc) is 3.52. The van der Waals surface area contributed by atoms with Crippen molar-refractivity contribution in [3.63, 3.8) is 0 Å². The largest absolute Gasteiger partial charge is 0.496 e. The first-order valence-electron chi connectivity index (χ1n) is 10.6. The third-order valence-corrected chi connectivity index (χ3v) is 6.85. The van der Waals surface area contributed by atoms with Gasteiger partial charge >= 0.3 is 0 Å². The highest BCUT2D eigenvalue weighted by molar-refractivity contribution is 7.16. The Kier molecular flexibility index (Phi) is 6.85. The van der Waals surface area contributed by atoms with Crippen LogP contribution in [0, 0.1) is 31.6 Å². The Morgan fingerprint density at radius 3 is 2.71 bits per heavy atom. The van der Waals surface area contributed by atoms with Crippen molar-refractivity contribution < 1.29 is 4.74 Å². The minimum atomic E-state index is 0.310. The van der Waals surface area contributed by atoms with E-state index in [1.165, 1.54) is 18.4 Å². The van der Waals surface area contributed by atoms with Crippen molar-refractivity contribution in [2.45, 2.75) is 39.0 Å². The number of nitrogens with one attached hydrogen (secondary N) is 1. The molecule has 0 unspecified atom stereocenters. The van der Waals surface area contributed by atoms with Crippen LogP contribution >= 0.6 is 22.9 Å². The molecule has 0 bridgehead atoms. The molecule has 1 aromatic heterocycles. The molecule has 1 saturated carbocycles. The van der Waals surface area contributed by atoms with Gasteiger partial charge in [0.1, 0.15) is 5.75 Å². The molecule has 1 fully saturated rings. The maximum absolute atomic E-state index is 6.50. The Hall–Kier alpha value is -2.48. The third kappa shape index (κ3) is 5.42. The molecule has 2 aromatic carbocycles. The molecule has 0 saturated heterocycles. The monoisotopic (exact) mass is 450 g/mol. The molecular formula is C26H27ClN2OS. The highest BCUT2D eigenvalue weighted by Gasteiger charge is 2.25. The van der Waals surface area contributed by atoms with E-state index in [0.717, 1.165) is 44.9 Å². The van der Waals surface area contributed by atoms with Crippen molar-refractivity contribution in [1.29, 1.82) is 0 Å². The van der Waals surface area contributed by atoms with E-state index in [1.807, 2.05) is 19.1 Å². The van der Waals surface area contributed by atoms with E-state index in [-0.39, 0.29) is 0 Å². The summed E-state index contributed by atoms with van der Waals surface area (Å²) < 4.78 is 5.37. The molecule has 1 atom stereocenters. The molecule has 1 aliphatic rings. The zero-order valence-corrected chi connectivity index (χ0v) is 19.7. The zero-order valence-electron chi connectivity index (χ0n) is 18.2. The van der Waals surface area contributed by atoms with Crippen LogP contribution in [0.2, 0.25) is 5.02 Å². The lowest BCUT2D eigenvalue weighted by molar-refractivity contribution is 0.412. The number of hydrogen-bond donors (Lipinski definition) is 1. The first-order valence-corrected chi connectivity index (χ1v) is 11.8. The second kappa shape index (κ2) is 9.77. The first-order chi connectivity index (χ1) is 15.0. The van der Waals surface area contributed by atoms with Gasteiger partial charge in [-0.05, 0) is 49.4 Å². The number of halogens is 1. The smallest absolute Gasteiger partial charge is 0.184 e. The minimum absolute atomic E-state index is 0.310. The quantitative estimate of drug-likeness (QED) is 0.390. The molecule has 4 rings (SSSR count). The molecule has 0 spiro atoms. The summed E-state index contributed by atoms with van der Waals surface area (Å²) in [7, 11) is 1.66. The number of aromatic nitrogens is 1. The number of rotatable bonds is 7. The fourth-order valence-corrected chi connectivity index (χ4v) is 4.80. The summed E-state index contributed by atoms with van der Waals surface area (Å²) >= 11 is 8.13. The van der Waals surface area contributed by atoms with Gasteiger partial charge in [-0.2, -0.15) is 0 Å². The number of aryl methyl sites for hydroxylation is 2. The Balaban J connectivity index is 1.45. The van der Waals surface area contributed by atoms with Gasteiger partial charge in [-0.15, -0.1) is 11.3 Å². The summed E-state index contributed by atoms with van der Waals surface area (Å²) in [5, 5.41) is 4.89. The Morgan fingerprint density at radius 2 is 2.00 bits per heavy atom. The van der Waals surface area contributed by atoms with Crippen LogP contribution < -0.4 is 10.1 Å². The molecule has 160 valence electrons. The summed E-state index contributed by atoms with van der Waals surface area (Å²) in [4.78, 5) is 5.91. The standard InChI is InChI=1S/C26H27ClN2OS/c1-17-14-22(23(27)16-24(17)30-3)25-18(2)31-26(29-25)28-13-7-10-21(15-19-11-12-19)20-8-5-4-6-9-20/h4-6,8-9,14,16,19,21H,11-13,15H2,1-3H3,(H,28,29)/t21-/m0/s1. The minimum Gasteiger partial charge on any atom is -0.496 e. The second-order valence-electron chi connectivity index (χ2n) is 8.04. The molecule has 5 heteroatoms. The van der Waals surface area contributed by atoms with Crippen LogP contribution in [0.3, 0.4) is 0 Å². The van der Waals surface area contributed by atoms with E-state index in [1.54, 1.807) is 18.4 Å². The second-order valence-corrected chi connectivity index (χ2v) is 9.65. The van der Waals surface area contributed by atoms with Gasteiger partial charge in [0, 0.05) is 16.4 Å². The van der Waals surface area contributed by atoms with E-state index in [4.69, 9.17) is 21.3 Å². The van der Waals surface area contributed by atoms with Crippen LogP contribution in [0.5, 0.6) is 5.75 Å². The molecule has 1 N–H and O–H groups in total. The summed E-state index contributed by atoms with van der Waals surface area (Å²) in [5.74, 6) is 8.76. The predicted molar refractivity (Wildman–Crippen MR) is 131 cm³/mol. The maximum Gasteiger partial charge on any atom is 0.184 e. The molecule has 3 aromatic rings. The molecule has 0 radical (unpaired) electrons. The van der Waals surface area contributed by atoms with Crippen LogP contribution in [-0.4, -0.2) is 18.6 Å². The average molecular weight is 451 g/mol. The number of methoxy groups -OCH3 is 1. The highest BCUT2D eigenvalue weighted by atomic mass is 35.5. The van der Waals surface area contributed by atoms with Gasteiger partial charge in [-0.1, -0.05) is 66.6 Å². The lowest BCUT2D eigenvalue weighted by Gasteiger charge is -2.10. The van der Waals surface area contributed by atoms with Crippen molar-refractivity contribution in [2.75, 3.05) is 19.0 Å². The van der Waals surface area contributed by atoms with Gasteiger partial charge in [0.05, 0.1) is 24.4 Å². The Labute approximate surface area is 193 Å². The predicted octanol–water partition coefficient (Wildman–Crippen LogP) is 7.09. The van der Waals surface area contributed by atoms with Crippen LogP contribution in [-0.2, 0) is 0 Å². The normalized spacial score (nSPS) is 13.9. The number of anilines is 1. The molecule has 1 aliphatic carbocycles. The first kappa shape index (κ1) is 21.7. The van der Waals surface area contributed by atoms with Crippen molar-refractivity contribution in [3.05, 3.63) is 63.5 Å². The van der Waals surface area contributed by atoms with Crippen molar-refractivity contribution >= 4 is 28.1 Å². The molecule has 0 aliphatic heterocycles. The lowest BCUT2D eigenvalue weighted by atomic mass is 9.94. The number of nitrogens with zero attached hydrogens (tertiary/aromatic N) is 1. The van der Waals surface area contributed by atoms with E-state index >= 15 is 0 Å². The maximum atomic E-state index is 6.50. The number of thiazole rings is 1. The fraction of sp³-hybridized carbons (Fsp3) is 0.346. The topological polar surface area (TPSA) is 34.1 Å². The van der Waals surface area contributed by atoms with E-state index < -0.39 is 0 Å². The van der Waals surface area contributed by atoms with E-state index in [2.05, 4.69) is 54.4 Å². The SMILES string of the molecule is COc1cc(Cl)c(-c2nc(NCC#C[C@@H](CC3CC3)c3ccccc3)sc2C)cc1C. The van der Waals surface area contributed by atoms with Crippen LogP contribution in [0.1, 0.15) is 41.2 Å². The van der Waals surface area contributed by atoms with Gasteiger partial charge < -0.3 is 10.1 Å². The molecule has 31 heavy (non-hydrogen) atoms. The summed E-state index contributed by atoms with van der Waals surface area (Å²) in [6.07, 6.45) is 3.85. The van der Waals surface area contributed by atoms with E-state index in [0.29, 0.717) is 17.5 Å². The van der Waals surface area contributed by atoms with Crippen molar-refractivity contribution in [1.82, 2.24) is 4.98 Å². The zero-order chi connectivity index (χ0) is 21.8. The van der Waals surface area contributed by atoms with Crippen LogP contribution in [0.25, 0.3) is 11.3 Å². The van der Waals surface area contributed by atoms with E-state index in [9.17, 15) is 0 Å². The molecule has 3 nitrogen and oxygen atoms in total. The molecular weight excluding hydrogens is 424 g/mol. The van der Waals surface area contributed by atoms with Gasteiger partial charge in [0.15, 0.2) is 5.13 Å². The third-order valence-electron chi connectivity index (χ3n) is 5.61. The number of ether oxygens (including phenoxy) is 1. The fourth-order valence-electron chi connectivity index (χ4n) is 3.73. The number of benzene rings is 2. The molecule has 1 heterocycles. The summed E-state index contributed by atoms with van der Waals surface area (Å²) in [6.45, 7) is 4.66. The summed E-state index contributed by atoms with van der Waals surface area (Å²) in [6, 6.07) is 14.5. The van der Waals surface area contributed by atoms with Crippen LogP contribution in [0.4, 0.5) is 5.13 Å². The van der Waals surface area contributed by atoms with Gasteiger partial charge in [-0.25, -0.2) is 4.98 Å². The Bertz CT molecular complexity index is 1110. The number of hydrogen-bond acceptors (Lipinski definition) is 4.